The molecule has 1 aromatic heterocycles. The average molecular weight is 344 g/mol. The van der Waals surface area contributed by atoms with Crippen LogP contribution < -0.4 is 0 Å². The van der Waals surface area contributed by atoms with E-state index in [1.165, 1.54) is 0 Å². The van der Waals surface area contributed by atoms with Gasteiger partial charge in [-0.25, -0.2) is 0 Å². The molecule has 0 unspecified atom stereocenters. The first-order valence-electron chi connectivity index (χ1n) is 6.83. The second kappa shape index (κ2) is 6.48. The minimum Gasteiger partial charge on any atom is -0.376 e. The average Bonchev–Trinajstić information content (AvgIpc) is 3.08. The topological polar surface area (TPSA) is 42.8 Å². The summed E-state index contributed by atoms with van der Waals surface area (Å²) in [4.78, 5) is 0. The first-order valence-corrected chi connectivity index (χ1v) is 7.99. The van der Waals surface area contributed by atoms with E-state index in [1.807, 2.05) is 16.7 Å². The van der Waals surface area contributed by atoms with E-state index < -0.39 is 0 Å². The maximum absolute atomic E-state index is 6.05. The lowest BCUT2D eigenvalue weighted by Gasteiger charge is -2.12. The number of ether oxygens (including phenoxy) is 1. The smallest absolute Gasteiger partial charge is 0.195 e. The Morgan fingerprint density at radius 2 is 2.24 bits per heavy atom. The predicted octanol–water partition coefficient (Wildman–Crippen LogP) is 4.02. The van der Waals surface area contributed by atoms with Crippen LogP contribution in [0.15, 0.2) is 18.2 Å². The molecular weight excluding hydrogens is 329 g/mol. The third-order valence-electron chi connectivity index (χ3n) is 3.59. The van der Waals surface area contributed by atoms with Gasteiger partial charge in [0.1, 0.15) is 5.82 Å². The number of nitrogens with zero attached hydrogens (tertiary/aromatic N) is 2. The number of aromatic amines is 1. The van der Waals surface area contributed by atoms with Crippen LogP contribution in [-0.4, -0.2) is 27.5 Å². The van der Waals surface area contributed by atoms with E-state index in [-0.39, 0.29) is 6.10 Å². The molecule has 1 aliphatic heterocycles. The number of rotatable bonds is 4. The first-order chi connectivity index (χ1) is 10.1. The van der Waals surface area contributed by atoms with E-state index in [0.29, 0.717) is 21.2 Å². The molecule has 7 heteroatoms. The third-order valence-corrected chi connectivity index (χ3v) is 4.64. The van der Waals surface area contributed by atoms with E-state index in [2.05, 4.69) is 10.2 Å². The Morgan fingerprint density at radius 1 is 1.38 bits per heavy atom. The van der Waals surface area contributed by atoms with Crippen LogP contribution in [-0.2, 0) is 17.7 Å². The molecule has 0 amide bonds. The Labute approximate surface area is 138 Å². The van der Waals surface area contributed by atoms with E-state index in [9.17, 15) is 0 Å². The number of hydrogen-bond donors (Lipinski definition) is 1. The summed E-state index contributed by atoms with van der Waals surface area (Å²) in [7, 11) is 0. The highest BCUT2D eigenvalue weighted by Gasteiger charge is 2.18. The quantitative estimate of drug-likeness (QED) is 0.852. The van der Waals surface area contributed by atoms with Gasteiger partial charge < -0.3 is 9.30 Å². The van der Waals surface area contributed by atoms with Crippen molar-refractivity contribution in [3.05, 3.63) is 44.4 Å². The van der Waals surface area contributed by atoms with Gasteiger partial charge in [0.25, 0.3) is 0 Å². The first kappa shape index (κ1) is 15.0. The Balaban J connectivity index is 1.81. The number of benzene rings is 1. The van der Waals surface area contributed by atoms with Gasteiger partial charge in [0.2, 0.25) is 0 Å². The Bertz CT molecular complexity index is 692. The summed E-state index contributed by atoms with van der Waals surface area (Å²) in [6, 6.07) is 5.60. The molecule has 1 aliphatic rings. The molecule has 2 heterocycles. The monoisotopic (exact) mass is 343 g/mol. The summed E-state index contributed by atoms with van der Waals surface area (Å²) in [5, 5.41) is 8.28. The summed E-state index contributed by atoms with van der Waals surface area (Å²) < 4.78 is 8.31. The zero-order valence-electron chi connectivity index (χ0n) is 11.3. The van der Waals surface area contributed by atoms with Crippen molar-refractivity contribution in [2.45, 2.75) is 31.9 Å². The number of H-pyrrole nitrogens is 1. The molecule has 1 saturated heterocycles. The van der Waals surface area contributed by atoms with Crippen molar-refractivity contribution in [1.82, 2.24) is 14.8 Å². The molecule has 0 aliphatic carbocycles. The molecule has 1 fully saturated rings. The van der Waals surface area contributed by atoms with Crippen LogP contribution in [0.25, 0.3) is 0 Å². The highest BCUT2D eigenvalue weighted by Crippen LogP contribution is 2.24. The second-order valence-corrected chi connectivity index (χ2v) is 6.32. The summed E-state index contributed by atoms with van der Waals surface area (Å²) in [6.45, 7) is 1.57. The van der Waals surface area contributed by atoms with Gasteiger partial charge in [-0.15, -0.1) is 0 Å². The van der Waals surface area contributed by atoms with Crippen LogP contribution in [0.4, 0.5) is 0 Å². The number of halogens is 2. The van der Waals surface area contributed by atoms with Crippen molar-refractivity contribution in [3.8, 4) is 0 Å². The minimum atomic E-state index is 0.224. The van der Waals surface area contributed by atoms with Crippen LogP contribution in [0.1, 0.15) is 24.2 Å². The minimum absolute atomic E-state index is 0.224. The number of nitrogens with one attached hydrogen (secondary N) is 1. The maximum atomic E-state index is 6.05. The molecule has 4 nitrogen and oxygen atoms in total. The van der Waals surface area contributed by atoms with Crippen LogP contribution >= 0.6 is 35.4 Å². The highest BCUT2D eigenvalue weighted by molar-refractivity contribution is 7.71. The fourth-order valence-corrected chi connectivity index (χ4v) is 3.04. The third kappa shape index (κ3) is 3.48. The van der Waals surface area contributed by atoms with Crippen molar-refractivity contribution in [1.29, 1.82) is 0 Å². The Kier molecular flexibility index (Phi) is 4.64. The van der Waals surface area contributed by atoms with E-state index in [0.717, 1.165) is 37.4 Å². The fourth-order valence-electron chi connectivity index (χ4n) is 2.50. The van der Waals surface area contributed by atoms with Gasteiger partial charge in [0.05, 0.1) is 22.7 Å². The summed E-state index contributed by atoms with van der Waals surface area (Å²) >= 11 is 17.3. The van der Waals surface area contributed by atoms with Crippen LogP contribution in [0.2, 0.25) is 10.0 Å². The number of aromatic nitrogens is 3. The zero-order valence-corrected chi connectivity index (χ0v) is 13.6. The SMILES string of the molecule is S=c1[nH]nc(Cc2ccc(Cl)c(Cl)c2)n1C[C@@H]1CCCO1. The fraction of sp³-hybridized carbons (Fsp3) is 0.429. The van der Waals surface area contributed by atoms with Crippen molar-refractivity contribution in [3.63, 3.8) is 0 Å². The Hall–Kier alpha value is -0.880. The molecular formula is C14H15Cl2N3OS. The predicted molar refractivity (Wildman–Crippen MR) is 85.7 cm³/mol. The van der Waals surface area contributed by atoms with Crippen LogP contribution in [0.3, 0.4) is 0 Å². The molecule has 0 saturated carbocycles. The van der Waals surface area contributed by atoms with Gasteiger partial charge in [-0.2, -0.15) is 5.10 Å². The van der Waals surface area contributed by atoms with E-state index in [4.69, 9.17) is 40.2 Å². The van der Waals surface area contributed by atoms with Crippen LogP contribution in [0, 0.1) is 4.77 Å². The lowest BCUT2D eigenvalue weighted by Crippen LogP contribution is -2.17. The zero-order chi connectivity index (χ0) is 14.8. The maximum Gasteiger partial charge on any atom is 0.195 e. The van der Waals surface area contributed by atoms with Gasteiger partial charge in [-0.1, -0.05) is 29.3 Å². The van der Waals surface area contributed by atoms with Gasteiger partial charge in [0.15, 0.2) is 4.77 Å². The molecule has 21 heavy (non-hydrogen) atoms. The van der Waals surface area contributed by atoms with Crippen molar-refractivity contribution in [2.24, 2.45) is 0 Å². The molecule has 0 bridgehead atoms. The van der Waals surface area contributed by atoms with Crippen molar-refractivity contribution < 1.29 is 4.74 Å². The molecule has 0 radical (unpaired) electrons. The summed E-state index contributed by atoms with van der Waals surface area (Å²) in [6.07, 6.45) is 3.05. The summed E-state index contributed by atoms with van der Waals surface area (Å²) in [5.74, 6) is 0.883. The van der Waals surface area contributed by atoms with Gasteiger partial charge >= 0.3 is 0 Å². The lowest BCUT2D eigenvalue weighted by molar-refractivity contribution is 0.0960. The Morgan fingerprint density at radius 3 is 2.95 bits per heavy atom. The lowest BCUT2D eigenvalue weighted by atomic mass is 10.1. The largest absolute Gasteiger partial charge is 0.376 e. The molecule has 2 aromatic rings. The van der Waals surface area contributed by atoms with Crippen molar-refractivity contribution in [2.75, 3.05) is 6.61 Å². The van der Waals surface area contributed by atoms with Gasteiger partial charge in [-0.3, -0.25) is 5.10 Å². The molecule has 1 N–H and O–H groups in total. The highest BCUT2D eigenvalue weighted by atomic mass is 35.5. The normalized spacial score (nSPS) is 18.3. The van der Waals surface area contributed by atoms with E-state index >= 15 is 0 Å². The molecule has 0 spiro atoms. The van der Waals surface area contributed by atoms with Gasteiger partial charge in [-0.05, 0) is 42.8 Å². The van der Waals surface area contributed by atoms with Crippen molar-refractivity contribution >= 4 is 35.4 Å². The molecule has 1 atom stereocenters. The summed E-state index contributed by atoms with van der Waals surface area (Å²) in [5.41, 5.74) is 1.05. The van der Waals surface area contributed by atoms with Gasteiger partial charge in [0, 0.05) is 13.0 Å². The van der Waals surface area contributed by atoms with Crippen LogP contribution in [0.5, 0.6) is 0 Å². The molecule has 112 valence electrons. The second-order valence-electron chi connectivity index (χ2n) is 5.12. The standard InChI is InChI=1S/C14H15Cl2N3OS/c15-11-4-3-9(6-12(11)16)7-13-17-18-14(21)19(13)8-10-2-1-5-20-10/h3-4,6,10H,1-2,5,7-8H2,(H,18,21)/t10-/m0/s1. The molecule has 1 aromatic carbocycles. The molecule has 3 rings (SSSR count). The van der Waals surface area contributed by atoms with E-state index in [1.54, 1.807) is 6.07 Å². The number of hydrogen-bond acceptors (Lipinski definition) is 3.